The van der Waals surface area contributed by atoms with E-state index in [9.17, 15) is 4.79 Å². The summed E-state index contributed by atoms with van der Waals surface area (Å²) in [6.45, 7) is 1.29. The monoisotopic (exact) mass is 303 g/mol. The van der Waals surface area contributed by atoms with Crippen molar-refractivity contribution in [1.29, 1.82) is 0 Å². The molecule has 5 nitrogen and oxygen atoms in total. The van der Waals surface area contributed by atoms with E-state index in [1.54, 1.807) is 6.26 Å². The van der Waals surface area contributed by atoms with Crippen molar-refractivity contribution in [2.45, 2.75) is 12.6 Å². The van der Waals surface area contributed by atoms with Gasteiger partial charge >= 0.3 is 5.97 Å². The van der Waals surface area contributed by atoms with Crippen molar-refractivity contribution in [2.24, 2.45) is 5.92 Å². The Morgan fingerprint density at radius 3 is 3.00 bits per heavy atom. The quantitative estimate of drug-likeness (QED) is 0.915. The Hall–Kier alpha value is -0.850. The lowest BCUT2D eigenvalue weighted by atomic mass is 10.0. The number of halogens is 1. The van der Waals surface area contributed by atoms with Gasteiger partial charge in [-0.2, -0.15) is 0 Å². The summed E-state index contributed by atoms with van der Waals surface area (Å²) >= 11 is 3.38. The summed E-state index contributed by atoms with van der Waals surface area (Å²) in [6.07, 6.45) is 1.60. The Morgan fingerprint density at radius 1 is 1.65 bits per heavy atom. The van der Waals surface area contributed by atoms with Crippen LogP contribution in [0.4, 0.5) is 0 Å². The van der Waals surface area contributed by atoms with Crippen LogP contribution in [0.25, 0.3) is 0 Å². The van der Waals surface area contributed by atoms with Crippen molar-refractivity contribution in [3.63, 3.8) is 0 Å². The first-order valence-electron chi connectivity index (χ1n) is 5.32. The molecule has 0 aromatic carbocycles. The van der Waals surface area contributed by atoms with Gasteiger partial charge in [-0.25, -0.2) is 0 Å². The van der Waals surface area contributed by atoms with Crippen molar-refractivity contribution in [3.05, 3.63) is 22.6 Å². The molecule has 1 aliphatic heterocycles. The van der Waals surface area contributed by atoms with Crippen LogP contribution in [0.15, 0.2) is 21.2 Å². The molecule has 0 saturated carbocycles. The highest BCUT2D eigenvalue weighted by atomic mass is 79.9. The number of aliphatic carboxylic acids is 1. The summed E-state index contributed by atoms with van der Waals surface area (Å²) in [5, 5.41) is 9.07. The molecular weight excluding hydrogens is 290 g/mol. The van der Waals surface area contributed by atoms with Crippen LogP contribution in [0.5, 0.6) is 0 Å². The maximum absolute atomic E-state index is 11.0. The van der Waals surface area contributed by atoms with Crippen molar-refractivity contribution in [1.82, 2.24) is 4.90 Å². The molecule has 2 rings (SSSR count). The van der Waals surface area contributed by atoms with Crippen molar-refractivity contribution >= 4 is 21.9 Å². The van der Waals surface area contributed by atoms with Crippen LogP contribution < -0.4 is 0 Å². The van der Waals surface area contributed by atoms with E-state index >= 15 is 0 Å². The van der Waals surface area contributed by atoms with Crippen molar-refractivity contribution < 1.29 is 19.1 Å². The van der Waals surface area contributed by atoms with Crippen LogP contribution in [-0.4, -0.2) is 42.3 Å². The summed E-state index contributed by atoms with van der Waals surface area (Å²) in [5.41, 5.74) is 0. The van der Waals surface area contributed by atoms with E-state index in [4.69, 9.17) is 14.3 Å². The predicted octanol–water partition coefficient (Wildman–Crippen LogP) is 1.57. The molecule has 94 valence electrons. The van der Waals surface area contributed by atoms with Crippen LogP contribution in [0, 0.1) is 5.92 Å². The van der Waals surface area contributed by atoms with Crippen LogP contribution >= 0.6 is 15.9 Å². The van der Waals surface area contributed by atoms with Crippen LogP contribution in [-0.2, 0) is 16.1 Å². The van der Waals surface area contributed by atoms with Gasteiger partial charge in [-0.15, -0.1) is 0 Å². The van der Waals surface area contributed by atoms with Gasteiger partial charge in [0.1, 0.15) is 5.76 Å². The Kier molecular flexibility index (Phi) is 3.86. The highest BCUT2D eigenvalue weighted by molar-refractivity contribution is 9.10. The van der Waals surface area contributed by atoms with E-state index < -0.39 is 11.9 Å². The lowest BCUT2D eigenvalue weighted by Gasteiger charge is -2.25. The Balaban J connectivity index is 2.02. The maximum Gasteiger partial charge on any atom is 0.310 e. The second-order valence-corrected chi connectivity index (χ2v) is 5.01. The first-order chi connectivity index (χ1) is 8.09. The van der Waals surface area contributed by atoms with Gasteiger partial charge in [-0.1, -0.05) is 0 Å². The molecule has 0 radical (unpaired) electrons. The van der Waals surface area contributed by atoms with E-state index in [0.29, 0.717) is 13.2 Å². The molecule has 6 heteroatoms. The number of rotatable bonds is 4. The van der Waals surface area contributed by atoms with Gasteiger partial charge in [0.25, 0.3) is 0 Å². The highest BCUT2D eigenvalue weighted by Gasteiger charge is 2.36. The lowest BCUT2D eigenvalue weighted by Crippen LogP contribution is -2.40. The van der Waals surface area contributed by atoms with E-state index in [-0.39, 0.29) is 12.6 Å². The Labute approximate surface area is 107 Å². The Bertz CT molecular complexity index is 406. The molecule has 1 aliphatic rings. The minimum Gasteiger partial charge on any atom is -0.481 e. The SMILES string of the molecule is CN(Cc1occc1Br)C1COCC1C(=O)O. The lowest BCUT2D eigenvalue weighted by molar-refractivity contribution is -0.143. The summed E-state index contributed by atoms with van der Waals surface area (Å²) in [5.74, 6) is -0.477. The Morgan fingerprint density at radius 2 is 2.41 bits per heavy atom. The zero-order valence-electron chi connectivity index (χ0n) is 9.43. The fourth-order valence-corrected chi connectivity index (χ4v) is 2.32. The van der Waals surface area contributed by atoms with Crippen molar-refractivity contribution in [2.75, 3.05) is 20.3 Å². The third kappa shape index (κ3) is 2.70. The van der Waals surface area contributed by atoms with E-state index in [0.717, 1.165) is 10.2 Å². The molecule has 1 aromatic rings. The number of carboxylic acids is 1. The molecule has 2 atom stereocenters. The van der Waals surface area contributed by atoms with Gasteiger partial charge in [0.15, 0.2) is 0 Å². The second-order valence-electron chi connectivity index (χ2n) is 4.16. The molecule has 0 aliphatic carbocycles. The largest absolute Gasteiger partial charge is 0.481 e. The fourth-order valence-electron chi connectivity index (χ4n) is 1.99. The summed E-state index contributed by atoms with van der Waals surface area (Å²) < 4.78 is 11.4. The number of furan rings is 1. The number of likely N-dealkylation sites (N-methyl/N-ethyl adjacent to an activating group) is 1. The van der Waals surface area contributed by atoms with Gasteiger partial charge in [0.2, 0.25) is 0 Å². The number of nitrogens with zero attached hydrogens (tertiary/aromatic N) is 1. The first kappa shape index (κ1) is 12.6. The average molecular weight is 304 g/mol. The fraction of sp³-hybridized carbons (Fsp3) is 0.545. The summed E-state index contributed by atoms with van der Waals surface area (Å²) in [4.78, 5) is 13.0. The molecule has 1 N–H and O–H groups in total. The zero-order chi connectivity index (χ0) is 12.4. The number of carbonyl (C=O) groups is 1. The second kappa shape index (κ2) is 5.20. The minimum atomic E-state index is -0.808. The van der Waals surface area contributed by atoms with Crippen molar-refractivity contribution in [3.8, 4) is 0 Å². The molecule has 2 heterocycles. The van der Waals surface area contributed by atoms with Crippen LogP contribution in [0.1, 0.15) is 5.76 Å². The topological polar surface area (TPSA) is 62.9 Å². The average Bonchev–Trinajstić information content (AvgIpc) is 2.87. The molecular formula is C11H14BrNO4. The number of carboxylic acid groups (broad SMARTS) is 1. The molecule has 1 fully saturated rings. The molecule has 0 bridgehead atoms. The molecule has 0 spiro atoms. The van der Waals surface area contributed by atoms with Crippen LogP contribution in [0.2, 0.25) is 0 Å². The first-order valence-corrected chi connectivity index (χ1v) is 6.11. The number of ether oxygens (including phenoxy) is 1. The normalized spacial score (nSPS) is 24.4. The van der Waals surface area contributed by atoms with Gasteiger partial charge in [-0.3, -0.25) is 9.69 Å². The summed E-state index contributed by atoms with van der Waals surface area (Å²) in [7, 11) is 1.88. The van der Waals surface area contributed by atoms with Gasteiger partial charge in [-0.05, 0) is 29.0 Å². The molecule has 0 amide bonds. The predicted molar refractivity (Wildman–Crippen MR) is 63.6 cm³/mol. The van der Waals surface area contributed by atoms with Crippen LogP contribution in [0.3, 0.4) is 0 Å². The van der Waals surface area contributed by atoms with Gasteiger partial charge in [0.05, 0.1) is 36.4 Å². The molecule has 1 saturated heterocycles. The van der Waals surface area contributed by atoms with E-state index in [2.05, 4.69) is 15.9 Å². The minimum absolute atomic E-state index is 0.107. The third-order valence-corrected chi connectivity index (χ3v) is 3.72. The third-order valence-electron chi connectivity index (χ3n) is 3.02. The van der Waals surface area contributed by atoms with E-state index in [1.165, 1.54) is 0 Å². The number of hydrogen-bond donors (Lipinski definition) is 1. The maximum atomic E-state index is 11.0. The van der Waals surface area contributed by atoms with Gasteiger partial charge in [0, 0.05) is 6.04 Å². The van der Waals surface area contributed by atoms with Gasteiger partial charge < -0.3 is 14.3 Å². The zero-order valence-corrected chi connectivity index (χ0v) is 11.0. The smallest absolute Gasteiger partial charge is 0.310 e. The standard InChI is InChI=1S/C11H14BrNO4/c1-13(4-10-8(12)2-3-17-10)9-6-16-5-7(9)11(14)15/h2-3,7,9H,4-6H2,1H3,(H,14,15). The number of hydrogen-bond acceptors (Lipinski definition) is 4. The molecule has 1 aromatic heterocycles. The summed E-state index contributed by atoms with van der Waals surface area (Å²) in [6, 6.07) is 1.72. The highest BCUT2D eigenvalue weighted by Crippen LogP contribution is 2.24. The molecule has 2 unspecified atom stereocenters. The van der Waals surface area contributed by atoms with E-state index in [1.807, 2.05) is 18.0 Å². The molecule has 17 heavy (non-hydrogen) atoms.